The maximum atomic E-state index is 6.20. The Morgan fingerprint density at radius 2 is 2.16 bits per heavy atom. The van der Waals surface area contributed by atoms with Gasteiger partial charge in [-0.05, 0) is 48.9 Å². The van der Waals surface area contributed by atoms with E-state index in [2.05, 4.69) is 42.2 Å². The second-order valence-corrected chi connectivity index (χ2v) is 7.26. The van der Waals surface area contributed by atoms with Gasteiger partial charge in [0.2, 0.25) is 0 Å². The molecule has 0 atom stereocenters. The molecule has 1 aromatic carbocycles. The van der Waals surface area contributed by atoms with Crippen LogP contribution in [0.2, 0.25) is 0 Å². The van der Waals surface area contributed by atoms with E-state index in [-0.39, 0.29) is 0 Å². The van der Waals surface area contributed by atoms with Crippen molar-refractivity contribution < 1.29 is 4.74 Å². The summed E-state index contributed by atoms with van der Waals surface area (Å²) in [6, 6.07) is 6.51. The summed E-state index contributed by atoms with van der Waals surface area (Å²) in [5.41, 5.74) is 3.21. The molecule has 0 aromatic heterocycles. The third-order valence-electron chi connectivity index (χ3n) is 4.38. The zero-order valence-corrected chi connectivity index (χ0v) is 12.5. The Morgan fingerprint density at radius 1 is 1.32 bits per heavy atom. The van der Waals surface area contributed by atoms with Gasteiger partial charge in [-0.2, -0.15) is 11.8 Å². The fourth-order valence-corrected chi connectivity index (χ4v) is 4.36. The van der Waals surface area contributed by atoms with Gasteiger partial charge in [-0.3, -0.25) is 0 Å². The van der Waals surface area contributed by atoms with Crippen molar-refractivity contribution >= 4 is 11.8 Å². The molecule has 2 heterocycles. The van der Waals surface area contributed by atoms with Crippen molar-refractivity contribution in [3.63, 3.8) is 0 Å². The Hall–Kier alpha value is -0.670. The minimum Gasteiger partial charge on any atom is -0.493 e. The van der Waals surface area contributed by atoms with Gasteiger partial charge in [0.1, 0.15) is 5.75 Å². The van der Waals surface area contributed by atoms with Gasteiger partial charge in [0, 0.05) is 17.5 Å². The van der Waals surface area contributed by atoms with Crippen LogP contribution in [0, 0.1) is 5.41 Å². The molecular weight excluding hydrogens is 254 g/mol. The maximum Gasteiger partial charge on any atom is 0.124 e. The Morgan fingerprint density at radius 3 is 3.00 bits per heavy atom. The van der Waals surface area contributed by atoms with Crippen molar-refractivity contribution in [1.29, 1.82) is 0 Å². The molecule has 0 aliphatic carbocycles. The van der Waals surface area contributed by atoms with Gasteiger partial charge in [0.25, 0.3) is 0 Å². The summed E-state index contributed by atoms with van der Waals surface area (Å²) < 4.78 is 6.20. The fourth-order valence-electron chi connectivity index (χ4n) is 2.88. The van der Waals surface area contributed by atoms with Gasteiger partial charge >= 0.3 is 0 Å². The van der Waals surface area contributed by atoms with E-state index in [1.807, 2.05) is 0 Å². The molecule has 1 fully saturated rings. The number of thioether (sulfide) groups is 1. The number of nitrogens with one attached hydrogen (secondary N) is 1. The number of rotatable bonds is 3. The lowest BCUT2D eigenvalue weighted by Crippen LogP contribution is -2.30. The molecule has 19 heavy (non-hydrogen) atoms. The lowest BCUT2D eigenvalue weighted by atomic mass is 9.85. The molecule has 0 spiro atoms. The first-order valence-electron chi connectivity index (χ1n) is 7.29. The molecule has 0 saturated carbocycles. The smallest absolute Gasteiger partial charge is 0.124 e. The molecule has 2 nitrogen and oxygen atoms in total. The quantitative estimate of drug-likeness (QED) is 0.916. The standard InChI is InChI=1S/C16H23NOS/c1-16(6-9-19-10-7-16)12-18-15-4-2-3-13-5-8-17-11-14(13)15/h2-4,17H,5-12H2,1H3. The van der Waals surface area contributed by atoms with Crippen LogP contribution in [0.25, 0.3) is 0 Å². The molecule has 104 valence electrons. The summed E-state index contributed by atoms with van der Waals surface area (Å²) in [5.74, 6) is 3.67. The second-order valence-electron chi connectivity index (χ2n) is 6.03. The van der Waals surface area contributed by atoms with E-state index in [1.165, 1.54) is 35.5 Å². The highest BCUT2D eigenvalue weighted by atomic mass is 32.2. The van der Waals surface area contributed by atoms with Crippen LogP contribution in [0.15, 0.2) is 18.2 Å². The molecule has 1 N–H and O–H groups in total. The maximum absolute atomic E-state index is 6.20. The SMILES string of the molecule is CC1(COc2cccc3c2CNCC3)CCSCC1. The largest absolute Gasteiger partial charge is 0.493 e. The van der Waals surface area contributed by atoms with Crippen LogP contribution in [0.3, 0.4) is 0 Å². The molecule has 0 radical (unpaired) electrons. The fraction of sp³-hybridized carbons (Fsp3) is 0.625. The molecule has 1 aromatic rings. The minimum absolute atomic E-state index is 0.371. The van der Waals surface area contributed by atoms with Crippen molar-refractivity contribution in [1.82, 2.24) is 5.32 Å². The molecule has 3 heteroatoms. The van der Waals surface area contributed by atoms with Crippen molar-refractivity contribution in [3.8, 4) is 5.75 Å². The summed E-state index contributed by atoms with van der Waals surface area (Å²) in [5, 5.41) is 3.45. The highest BCUT2D eigenvalue weighted by Crippen LogP contribution is 2.35. The summed E-state index contributed by atoms with van der Waals surface area (Å²) in [4.78, 5) is 0. The van der Waals surface area contributed by atoms with Crippen molar-refractivity contribution in [2.75, 3.05) is 24.7 Å². The zero-order valence-electron chi connectivity index (χ0n) is 11.7. The third-order valence-corrected chi connectivity index (χ3v) is 5.36. The summed E-state index contributed by atoms with van der Waals surface area (Å²) in [6.07, 6.45) is 3.69. The van der Waals surface area contributed by atoms with Crippen LogP contribution < -0.4 is 10.1 Å². The average molecular weight is 277 g/mol. The van der Waals surface area contributed by atoms with Crippen LogP contribution in [-0.4, -0.2) is 24.7 Å². The van der Waals surface area contributed by atoms with Crippen LogP contribution >= 0.6 is 11.8 Å². The first kappa shape index (κ1) is 13.3. The lowest BCUT2D eigenvalue weighted by Gasteiger charge is -2.33. The Labute approximate surface area is 120 Å². The molecule has 0 amide bonds. The molecule has 3 rings (SSSR count). The van der Waals surface area contributed by atoms with E-state index in [0.29, 0.717) is 5.41 Å². The van der Waals surface area contributed by atoms with Gasteiger partial charge in [0.15, 0.2) is 0 Å². The summed E-state index contributed by atoms with van der Waals surface area (Å²) in [7, 11) is 0. The summed E-state index contributed by atoms with van der Waals surface area (Å²) >= 11 is 2.08. The van der Waals surface area contributed by atoms with Gasteiger partial charge in [-0.1, -0.05) is 19.1 Å². The van der Waals surface area contributed by atoms with E-state index in [9.17, 15) is 0 Å². The summed E-state index contributed by atoms with van der Waals surface area (Å²) in [6.45, 7) is 5.29. The normalized spacial score (nSPS) is 21.7. The van der Waals surface area contributed by atoms with Crippen LogP contribution in [0.4, 0.5) is 0 Å². The van der Waals surface area contributed by atoms with Gasteiger partial charge in [-0.15, -0.1) is 0 Å². The molecule has 0 bridgehead atoms. The third kappa shape index (κ3) is 3.09. The van der Waals surface area contributed by atoms with E-state index in [4.69, 9.17) is 4.74 Å². The first-order chi connectivity index (χ1) is 9.27. The highest BCUT2D eigenvalue weighted by Gasteiger charge is 2.28. The van der Waals surface area contributed by atoms with E-state index >= 15 is 0 Å². The molecule has 0 unspecified atom stereocenters. The Bertz CT molecular complexity index is 440. The average Bonchev–Trinajstić information content (AvgIpc) is 2.46. The van der Waals surface area contributed by atoms with Crippen LogP contribution in [0.1, 0.15) is 30.9 Å². The first-order valence-corrected chi connectivity index (χ1v) is 8.44. The number of ether oxygens (including phenoxy) is 1. The zero-order chi connectivity index (χ0) is 13.1. The topological polar surface area (TPSA) is 21.3 Å². The molecule has 1 saturated heterocycles. The Kier molecular flexibility index (Phi) is 4.04. The molecule has 2 aliphatic rings. The number of hydrogen-bond donors (Lipinski definition) is 1. The van der Waals surface area contributed by atoms with Crippen LogP contribution in [-0.2, 0) is 13.0 Å². The van der Waals surface area contributed by atoms with Crippen molar-refractivity contribution in [2.45, 2.75) is 32.7 Å². The minimum atomic E-state index is 0.371. The van der Waals surface area contributed by atoms with Crippen molar-refractivity contribution in [3.05, 3.63) is 29.3 Å². The van der Waals surface area contributed by atoms with E-state index < -0.39 is 0 Å². The van der Waals surface area contributed by atoms with Gasteiger partial charge in [-0.25, -0.2) is 0 Å². The monoisotopic (exact) mass is 277 g/mol. The van der Waals surface area contributed by atoms with E-state index in [1.54, 1.807) is 0 Å². The van der Waals surface area contributed by atoms with Gasteiger partial charge in [0.05, 0.1) is 6.61 Å². The van der Waals surface area contributed by atoms with Crippen LogP contribution in [0.5, 0.6) is 5.75 Å². The molecule has 2 aliphatic heterocycles. The highest BCUT2D eigenvalue weighted by molar-refractivity contribution is 7.99. The molecular formula is C16H23NOS. The van der Waals surface area contributed by atoms with E-state index in [0.717, 1.165) is 31.9 Å². The number of fused-ring (bicyclic) bond motifs is 1. The lowest BCUT2D eigenvalue weighted by molar-refractivity contribution is 0.150. The second kappa shape index (κ2) is 5.76. The predicted molar refractivity (Wildman–Crippen MR) is 82.0 cm³/mol. The Balaban J connectivity index is 1.69. The number of hydrogen-bond acceptors (Lipinski definition) is 3. The predicted octanol–water partition coefficient (Wildman–Crippen LogP) is 3.24. The van der Waals surface area contributed by atoms with Gasteiger partial charge < -0.3 is 10.1 Å². The van der Waals surface area contributed by atoms with Crippen molar-refractivity contribution in [2.24, 2.45) is 5.41 Å². The number of benzene rings is 1.